The topological polar surface area (TPSA) is 9.23 Å². The lowest BCUT2D eigenvalue weighted by atomic mass is 10.0. The smallest absolute Gasteiger partial charge is 0.0466 e. The van der Waals surface area contributed by atoms with Crippen LogP contribution in [0.1, 0.15) is 341 Å². The molecular weight excluding hydrogens is 677 g/mol. The quantitative estimate of drug-likeness (QED) is 0.0558. The fourth-order valence-electron chi connectivity index (χ4n) is 8.97. The van der Waals surface area contributed by atoms with Crippen molar-refractivity contribution in [3.63, 3.8) is 0 Å². The van der Waals surface area contributed by atoms with Crippen LogP contribution >= 0.6 is 0 Å². The molecule has 338 valence electrons. The third kappa shape index (κ3) is 54.0. The molecule has 0 unspecified atom stereocenters. The van der Waals surface area contributed by atoms with Crippen molar-refractivity contribution in [3.05, 3.63) is 0 Å². The first-order chi connectivity index (χ1) is 27.9. The first kappa shape index (κ1) is 56.0. The molecule has 56 heavy (non-hydrogen) atoms. The van der Waals surface area contributed by atoms with Crippen molar-refractivity contribution >= 4 is 0 Å². The maximum atomic E-state index is 5.94. The first-order valence-corrected chi connectivity index (χ1v) is 27.5. The Labute approximate surface area is 358 Å². The van der Waals surface area contributed by atoms with Gasteiger partial charge in [-0.05, 0) is 12.8 Å². The van der Waals surface area contributed by atoms with Crippen LogP contribution in [0, 0.1) is 0 Å². The van der Waals surface area contributed by atoms with E-state index in [-0.39, 0.29) is 0 Å². The Bertz CT molecular complexity index is 575. The number of ether oxygens (including phenoxy) is 1. The van der Waals surface area contributed by atoms with Crippen LogP contribution in [-0.2, 0) is 4.74 Å². The van der Waals surface area contributed by atoms with Crippen LogP contribution in [-0.4, -0.2) is 13.2 Å². The van der Waals surface area contributed by atoms with Gasteiger partial charge >= 0.3 is 0 Å². The molecule has 0 aromatic heterocycles. The van der Waals surface area contributed by atoms with E-state index in [1.165, 1.54) is 327 Å². The van der Waals surface area contributed by atoms with Gasteiger partial charge in [0.25, 0.3) is 0 Å². The molecule has 0 fully saturated rings. The Balaban J connectivity index is 3.05. The summed E-state index contributed by atoms with van der Waals surface area (Å²) in [5, 5.41) is 0. The Hall–Kier alpha value is -0.0400. The SMILES string of the molecule is CCCCCCCCCCCCCCCCCCCCCCCCCCCCOCCCCCCCCCCCCCCCCCCCCCCCCCCC. The van der Waals surface area contributed by atoms with Crippen molar-refractivity contribution in [1.29, 1.82) is 0 Å². The molecule has 1 heteroatoms. The van der Waals surface area contributed by atoms with Gasteiger partial charge in [0.15, 0.2) is 0 Å². The Morgan fingerprint density at radius 1 is 0.143 bits per heavy atom. The van der Waals surface area contributed by atoms with E-state index in [1.54, 1.807) is 0 Å². The summed E-state index contributed by atoms with van der Waals surface area (Å²) < 4.78 is 5.94. The van der Waals surface area contributed by atoms with Gasteiger partial charge in [-0.3, -0.25) is 0 Å². The van der Waals surface area contributed by atoms with E-state index in [0.717, 1.165) is 13.2 Å². The van der Waals surface area contributed by atoms with Gasteiger partial charge in [0.05, 0.1) is 0 Å². The van der Waals surface area contributed by atoms with E-state index >= 15 is 0 Å². The second-order valence-electron chi connectivity index (χ2n) is 18.9. The van der Waals surface area contributed by atoms with E-state index in [9.17, 15) is 0 Å². The summed E-state index contributed by atoms with van der Waals surface area (Å²) in [5.41, 5.74) is 0. The zero-order valence-corrected chi connectivity index (χ0v) is 39.9. The minimum Gasteiger partial charge on any atom is -0.381 e. The summed E-state index contributed by atoms with van der Waals surface area (Å²) >= 11 is 0. The van der Waals surface area contributed by atoms with Gasteiger partial charge in [0.1, 0.15) is 0 Å². The second kappa shape index (κ2) is 55.0. The van der Waals surface area contributed by atoms with Crippen LogP contribution in [0.2, 0.25) is 0 Å². The largest absolute Gasteiger partial charge is 0.381 e. The third-order valence-electron chi connectivity index (χ3n) is 13.0. The maximum Gasteiger partial charge on any atom is 0.0466 e. The van der Waals surface area contributed by atoms with Crippen LogP contribution in [0.3, 0.4) is 0 Å². The van der Waals surface area contributed by atoms with E-state index < -0.39 is 0 Å². The van der Waals surface area contributed by atoms with E-state index in [1.807, 2.05) is 0 Å². The van der Waals surface area contributed by atoms with Crippen LogP contribution in [0.15, 0.2) is 0 Å². The van der Waals surface area contributed by atoms with Crippen molar-refractivity contribution in [2.24, 2.45) is 0 Å². The van der Waals surface area contributed by atoms with Crippen molar-refractivity contribution < 1.29 is 4.74 Å². The van der Waals surface area contributed by atoms with Gasteiger partial charge in [0.2, 0.25) is 0 Å². The van der Waals surface area contributed by atoms with Crippen LogP contribution in [0.4, 0.5) is 0 Å². The van der Waals surface area contributed by atoms with Crippen molar-refractivity contribution in [3.8, 4) is 0 Å². The molecular formula is C55H112O. The fourth-order valence-corrected chi connectivity index (χ4v) is 8.97. The molecule has 0 saturated heterocycles. The molecule has 0 aromatic carbocycles. The highest BCUT2D eigenvalue weighted by Crippen LogP contribution is 2.18. The van der Waals surface area contributed by atoms with Gasteiger partial charge < -0.3 is 4.74 Å². The molecule has 0 radical (unpaired) electrons. The average molecular weight is 789 g/mol. The number of rotatable bonds is 53. The third-order valence-corrected chi connectivity index (χ3v) is 13.0. The summed E-state index contributed by atoms with van der Waals surface area (Å²) in [4.78, 5) is 0. The Morgan fingerprint density at radius 2 is 0.250 bits per heavy atom. The molecule has 1 nitrogen and oxygen atoms in total. The summed E-state index contributed by atoms with van der Waals surface area (Å²) in [7, 11) is 0. The van der Waals surface area contributed by atoms with E-state index in [4.69, 9.17) is 4.74 Å². The summed E-state index contributed by atoms with van der Waals surface area (Å²) in [6.07, 6.45) is 74.4. The zero-order valence-electron chi connectivity index (χ0n) is 39.9. The van der Waals surface area contributed by atoms with Crippen LogP contribution < -0.4 is 0 Å². The highest BCUT2D eigenvalue weighted by molar-refractivity contribution is 4.54. The van der Waals surface area contributed by atoms with Gasteiger partial charge in [-0.15, -0.1) is 0 Å². The second-order valence-corrected chi connectivity index (χ2v) is 18.9. The molecule has 0 heterocycles. The normalized spacial score (nSPS) is 11.7. The molecule has 0 aliphatic heterocycles. The van der Waals surface area contributed by atoms with Gasteiger partial charge in [-0.25, -0.2) is 0 Å². The molecule has 0 aliphatic carbocycles. The van der Waals surface area contributed by atoms with Crippen molar-refractivity contribution in [2.45, 2.75) is 341 Å². The molecule has 0 atom stereocenters. The number of hydrogen-bond acceptors (Lipinski definition) is 1. The summed E-state index contributed by atoms with van der Waals surface area (Å²) in [6, 6.07) is 0. The van der Waals surface area contributed by atoms with Crippen LogP contribution in [0.25, 0.3) is 0 Å². The predicted octanol–water partition coefficient (Wildman–Crippen LogP) is 20.9. The Morgan fingerprint density at radius 3 is 0.375 bits per heavy atom. The van der Waals surface area contributed by atoms with E-state index in [0.29, 0.717) is 0 Å². The molecule has 0 aliphatic rings. The predicted molar refractivity (Wildman–Crippen MR) is 258 cm³/mol. The van der Waals surface area contributed by atoms with Crippen molar-refractivity contribution in [1.82, 2.24) is 0 Å². The van der Waals surface area contributed by atoms with Gasteiger partial charge in [0, 0.05) is 13.2 Å². The van der Waals surface area contributed by atoms with Crippen LogP contribution in [0.5, 0.6) is 0 Å². The Kier molecular flexibility index (Phi) is 54.9. The first-order valence-electron chi connectivity index (χ1n) is 27.5. The fraction of sp³-hybridized carbons (Fsp3) is 1.00. The molecule has 0 aromatic rings. The monoisotopic (exact) mass is 789 g/mol. The standard InChI is InChI=1S/C55H112O/c1-3-5-7-9-11-13-15-17-19-21-23-25-27-29-31-33-35-37-39-41-43-45-47-49-51-53-55-56-54-52-50-48-46-44-42-40-38-36-34-32-30-28-26-24-22-20-18-16-14-12-10-8-6-4-2/h3-55H2,1-2H3. The number of unbranched alkanes of at least 4 members (excludes halogenated alkanes) is 49. The zero-order chi connectivity index (χ0) is 40.2. The average Bonchev–Trinajstić information content (AvgIpc) is 3.21. The summed E-state index contributed by atoms with van der Waals surface area (Å²) in [6.45, 7) is 6.62. The lowest BCUT2D eigenvalue weighted by Gasteiger charge is -2.06. The van der Waals surface area contributed by atoms with E-state index in [2.05, 4.69) is 13.8 Å². The molecule has 0 spiro atoms. The van der Waals surface area contributed by atoms with Gasteiger partial charge in [-0.2, -0.15) is 0 Å². The minimum absolute atomic E-state index is 0.999. The molecule has 0 N–H and O–H groups in total. The molecule has 0 amide bonds. The minimum atomic E-state index is 0.999. The summed E-state index contributed by atoms with van der Waals surface area (Å²) in [5.74, 6) is 0. The molecule has 0 bridgehead atoms. The molecule has 0 saturated carbocycles. The highest BCUT2D eigenvalue weighted by Gasteiger charge is 1.99. The van der Waals surface area contributed by atoms with Gasteiger partial charge in [-0.1, -0.05) is 328 Å². The lowest BCUT2D eigenvalue weighted by Crippen LogP contribution is -1.97. The maximum absolute atomic E-state index is 5.94. The molecule has 0 rings (SSSR count). The highest BCUT2D eigenvalue weighted by atomic mass is 16.5. The lowest BCUT2D eigenvalue weighted by molar-refractivity contribution is 0.125. The number of hydrogen-bond donors (Lipinski definition) is 0. The van der Waals surface area contributed by atoms with Crippen molar-refractivity contribution in [2.75, 3.05) is 13.2 Å².